The Hall–Kier alpha value is -1.63. The quantitative estimate of drug-likeness (QED) is 0.707. The Kier molecular flexibility index (Phi) is 8.61. The second kappa shape index (κ2) is 10.2. The molecule has 6 nitrogen and oxygen atoms in total. The summed E-state index contributed by atoms with van der Waals surface area (Å²) in [7, 11) is 1.91. The van der Waals surface area contributed by atoms with E-state index < -0.39 is 0 Å². The number of hydrogen-bond acceptors (Lipinski definition) is 6. The van der Waals surface area contributed by atoms with Crippen LogP contribution in [0.5, 0.6) is 5.75 Å². The number of ether oxygens (including phenoxy) is 2. The van der Waals surface area contributed by atoms with E-state index in [1.54, 1.807) is 0 Å². The summed E-state index contributed by atoms with van der Waals surface area (Å²) < 4.78 is 16.4. The van der Waals surface area contributed by atoms with Crippen LogP contribution in [0.1, 0.15) is 19.7 Å². The van der Waals surface area contributed by atoms with E-state index in [4.69, 9.17) is 14.0 Å². The van der Waals surface area contributed by atoms with E-state index in [2.05, 4.69) is 22.4 Å². The number of nitrogens with zero attached hydrogens (tertiary/aromatic N) is 2. The van der Waals surface area contributed by atoms with Gasteiger partial charge in [-0.2, -0.15) is 4.98 Å². The van der Waals surface area contributed by atoms with Crippen molar-refractivity contribution in [2.75, 3.05) is 26.9 Å². The molecule has 0 aliphatic heterocycles. The first-order valence-electron chi connectivity index (χ1n) is 7.54. The fraction of sp³-hybridized carbons (Fsp3) is 0.500. The first kappa shape index (κ1) is 19.4. The number of rotatable bonds is 9. The molecule has 1 atom stereocenters. The molecule has 128 valence electrons. The first-order chi connectivity index (χ1) is 10.7. The fourth-order valence-corrected chi connectivity index (χ4v) is 1.95. The van der Waals surface area contributed by atoms with Gasteiger partial charge in [-0.3, -0.25) is 0 Å². The number of nitrogens with one attached hydrogen (secondary N) is 1. The second-order valence-corrected chi connectivity index (χ2v) is 4.95. The van der Waals surface area contributed by atoms with Crippen LogP contribution in [0.4, 0.5) is 0 Å². The molecule has 0 saturated carbocycles. The van der Waals surface area contributed by atoms with Gasteiger partial charge in [0.25, 0.3) is 5.89 Å². The SMILES string of the molecule is CCOCCOc1ccccc1-c1nc(CC(C)NC)no1.Cl. The maximum absolute atomic E-state index is 5.74. The lowest BCUT2D eigenvalue weighted by atomic mass is 10.2. The Morgan fingerprint density at radius 1 is 1.26 bits per heavy atom. The Labute approximate surface area is 143 Å². The number of likely N-dealkylation sites (N-methyl/N-ethyl adjacent to an activating group) is 1. The fourth-order valence-electron chi connectivity index (χ4n) is 1.95. The summed E-state index contributed by atoms with van der Waals surface area (Å²) in [5.41, 5.74) is 0.801. The average molecular weight is 342 g/mol. The van der Waals surface area contributed by atoms with Crippen molar-refractivity contribution in [3.05, 3.63) is 30.1 Å². The molecule has 2 aromatic rings. The van der Waals surface area contributed by atoms with Crippen LogP contribution in [0.2, 0.25) is 0 Å². The molecule has 23 heavy (non-hydrogen) atoms. The van der Waals surface area contributed by atoms with Crippen LogP contribution >= 0.6 is 12.4 Å². The lowest BCUT2D eigenvalue weighted by molar-refractivity contribution is 0.110. The van der Waals surface area contributed by atoms with Crippen molar-refractivity contribution in [1.29, 1.82) is 0 Å². The van der Waals surface area contributed by atoms with Gasteiger partial charge in [0.05, 0.1) is 12.2 Å². The Bertz CT molecular complexity index is 577. The number of para-hydroxylation sites is 1. The van der Waals surface area contributed by atoms with Crippen LogP contribution in [0.15, 0.2) is 28.8 Å². The number of halogens is 1. The minimum Gasteiger partial charge on any atom is -0.490 e. The van der Waals surface area contributed by atoms with Crippen molar-refractivity contribution >= 4 is 12.4 Å². The molecular formula is C16H24ClN3O3. The second-order valence-electron chi connectivity index (χ2n) is 4.95. The van der Waals surface area contributed by atoms with Gasteiger partial charge in [-0.1, -0.05) is 17.3 Å². The molecule has 1 aromatic heterocycles. The maximum atomic E-state index is 5.74. The van der Waals surface area contributed by atoms with E-state index in [0.29, 0.717) is 44.0 Å². The van der Waals surface area contributed by atoms with Crippen LogP contribution in [0.3, 0.4) is 0 Å². The molecule has 1 aromatic carbocycles. The highest BCUT2D eigenvalue weighted by Crippen LogP contribution is 2.28. The summed E-state index contributed by atoms with van der Waals surface area (Å²) in [4.78, 5) is 4.44. The summed E-state index contributed by atoms with van der Waals surface area (Å²) in [5.74, 6) is 1.88. The molecule has 1 unspecified atom stereocenters. The smallest absolute Gasteiger partial charge is 0.261 e. The van der Waals surface area contributed by atoms with Crippen molar-refractivity contribution in [2.24, 2.45) is 0 Å². The molecule has 0 amide bonds. The van der Waals surface area contributed by atoms with Crippen LogP contribution in [-0.2, 0) is 11.2 Å². The zero-order valence-electron chi connectivity index (χ0n) is 13.7. The molecule has 2 rings (SSSR count). The summed E-state index contributed by atoms with van der Waals surface area (Å²) in [6.07, 6.45) is 0.716. The molecule has 0 spiro atoms. The van der Waals surface area contributed by atoms with Gasteiger partial charge in [-0.15, -0.1) is 12.4 Å². The molecule has 0 fully saturated rings. The molecule has 7 heteroatoms. The van der Waals surface area contributed by atoms with E-state index in [-0.39, 0.29) is 12.4 Å². The van der Waals surface area contributed by atoms with Crippen LogP contribution in [-0.4, -0.2) is 43.1 Å². The molecular weight excluding hydrogens is 318 g/mol. The Balaban J connectivity index is 0.00000264. The van der Waals surface area contributed by atoms with E-state index in [1.807, 2.05) is 38.2 Å². The van der Waals surface area contributed by atoms with Crippen LogP contribution in [0.25, 0.3) is 11.5 Å². The molecule has 0 bridgehead atoms. The van der Waals surface area contributed by atoms with Gasteiger partial charge in [0.2, 0.25) is 0 Å². The van der Waals surface area contributed by atoms with Crippen LogP contribution < -0.4 is 10.1 Å². The zero-order valence-corrected chi connectivity index (χ0v) is 14.6. The lowest BCUT2D eigenvalue weighted by Gasteiger charge is -2.08. The highest BCUT2D eigenvalue weighted by atomic mass is 35.5. The van der Waals surface area contributed by atoms with Crippen molar-refractivity contribution in [3.8, 4) is 17.2 Å². The predicted molar refractivity (Wildman–Crippen MR) is 91.2 cm³/mol. The van der Waals surface area contributed by atoms with Gasteiger partial charge < -0.3 is 19.3 Å². The minimum atomic E-state index is 0. The monoisotopic (exact) mass is 341 g/mol. The highest BCUT2D eigenvalue weighted by Gasteiger charge is 2.14. The normalized spacial score (nSPS) is 11.8. The summed E-state index contributed by atoms with van der Waals surface area (Å²) in [6.45, 7) is 5.75. The third-order valence-electron chi connectivity index (χ3n) is 3.26. The van der Waals surface area contributed by atoms with Gasteiger partial charge in [0.15, 0.2) is 5.82 Å². The van der Waals surface area contributed by atoms with Gasteiger partial charge in [-0.25, -0.2) is 0 Å². The Morgan fingerprint density at radius 3 is 2.78 bits per heavy atom. The largest absolute Gasteiger partial charge is 0.490 e. The molecule has 0 radical (unpaired) electrons. The Morgan fingerprint density at radius 2 is 2.04 bits per heavy atom. The van der Waals surface area contributed by atoms with Crippen LogP contribution in [0, 0.1) is 0 Å². The van der Waals surface area contributed by atoms with Crippen molar-refractivity contribution in [3.63, 3.8) is 0 Å². The van der Waals surface area contributed by atoms with Gasteiger partial charge in [0, 0.05) is 19.1 Å². The van der Waals surface area contributed by atoms with Crippen molar-refractivity contribution < 1.29 is 14.0 Å². The minimum absolute atomic E-state index is 0. The maximum Gasteiger partial charge on any atom is 0.261 e. The topological polar surface area (TPSA) is 69.4 Å². The molecule has 0 saturated heterocycles. The number of aromatic nitrogens is 2. The number of benzene rings is 1. The number of hydrogen-bond donors (Lipinski definition) is 1. The third-order valence-corrected chi connectivity index (χ3v) is 3.26. The van der Waals surface area contributed by atoms with Gasteiger partial charge in [0.1, 0.15) is 12.4 Å². The molecule has 1 N–H and O–H groups in total. The third kappa shape index (κ3) is 5.82. The summed E-state index contributed by atoms with van der Waals surface area (Å²) in [6, 6.07) is 7.93. The molecule has 1 heterocycles. The van der Waals surface area contributed by atoms with Crippen molar-refractivity contribution in [1.82, 2.24) is 15.5 Å². The van der Waals surface area contributed by atoms with Crippen molar-refractivity contribution in [2.45, 2.75) is 26.3 Å². The van der Waals surface area contributed by atoms with E-state index in [9.17, 15) is 0 Å². The van der Waals surface area contributed by atoms with E-state index in [1.165, 1.54) is 0 Å². The van der Waals surface area contributed by atoms with E-state index in [0.717, 1.165) is 11.3 Å². The lowest BCUT2D eigenvalue weighted by Crippen LogP contribution is -2.24. The highest BCUT2D eigenvalue weighted by molar-refractivity contribution is 5.85. The molecule has 0 aliphatic carbocycles. The standard InChI is InChI=1S/C16H23N3O3.ClH/c1-4-20-9-10-21-14-8-6-5-7-13(14)16-18-15(19-22-16)11-12(2)17-3;/h5-8,12,17H,4,9-11H2,1-3H3;1H. The van der Waals surface area contributed by atoms with E-state index >= 15 is 0 Å². The van der Waals surface area contributed by atoms with Gasteiger partial charge >= 0.3 is 0 Å². The van der Waals surface area contributed by atoms with Gasteiger partial charge in [-0.05, 0) is 33.0 Å². The first-order valence-corrected chi connectivity index (χ1v) is 7.54. The zero-order chi connectivity index (χ0) is 15.8. The molecule has 0 aliphatic rings. The summed E-state index contributed by atoms with van der Waals surface area (Å²) >= 11 is 0. The predicted octanol–water partition coefficient (Wildman–Crippen LogP) is 2.72. The summed E-state index contributed by atoms with van der Waals surface area (Å²) in [5, 5.41) is 7.18. The average Bonchev–Trinajstić information content (AvgIpc) is 3.00.